The maximum Gasteiger partial charge on any atom is 0.246 e. The Kier molecular flexibility index (Phi) is 4.89. The van der Waals surface area contributed by atoms with E-state index in [-0.39, 0.29) is 29.2 Å². The third-order valence-electron chi connectivity index (χ3n) is 2.79. The third kappa shape index (κ3) is 3.30. The summed E-state index contributed by atoms with van der Waals surface area (Å²) >= 11 is 0. The van der Waals surface area contributed by atoms with Gasteiger partial charge in [0, 0.05) is 12.6 Å². The smallest absolute Gasteiger partial charge is 0.246 e. The van der Waals surface area contributed by atoms with Crippen LogP contribution < -0.4 is 4.72 Å². The minimum atomic E-state index is -3.66. The van der Waals surface area contributed by atoms with Gasteiger partial charge in [-0.2, -0.15) is 0 Å². The Hall–Kier alpha value is -0.920. The quantitative estimate of drug-likeness (QED) is 0.808. The van der Waals surface area contributed by atoms with Crippen LogP contribution in [0.25, 0.3) is 0 Å². The zero-order valence-corrected chi connectivity index (χ0v) is 11.9. The van der Waals surface area contributed by atoms with E-state index in [1.807, 2.05) is 13.8 Å². The Labute approximate surface area is 107 Å². The van der Waals surface area contributed by atoms with Crippen molar-refractivity contribution >= 4 is 10.0 Å². The Morgan fingerprint density at radius 2 is 2.00 bits per heavy atom. The topological polar surface area (TPSA) is 92.4 Å². The number of aliphatic hydroxyl groups is 1. The molecular weight excluding hydrogens is 256 g/mol. The predicted molar refractivity (Wildman–Crippen MR) is 66.6 cm³/mol. The molecule has 1 atom stereocenters. The molecule has 0 bridgehead atoms. The van der Waals surface area contributed by atoms with Crippen LogP contribution in [0.2, 0.25) is 0 Å². The van der Waals surface area contributed by atoms with Crippen molar-refractivity contribution in [3.63, 3.8) is 0 Å². The second-order valence-corrected chi connectivity index (χ2v) is 6.29. The van der Waals surface area contributed by atoms with Gasteiger partial charge in [-0.25, -0.2) is 13.1 Å². The molecule has 0 aliphatic heterocycles. The Morgan fingerprint density at radius 3 is 2.39 bits per heavy atom. The molecule has 1 aromatic heterocycles. The number of rotatable bonds is 6. The van der Waals surface area contributed by atoms with Gasteiger partial charge in [0.05, 0.1) is 0 Å². The first-order valence-corrected chi connectivity index (χ1v) is 7.34. The number of hydrogen-bond acceptors (Lipinski definition) is 5. The number of hydrogen-bond donors (Lipinski definition) is 2. The van der Waals surface area contributed by atoms with Gasteiger partial charge in [-0.3, -0.25) is 0 Å². The standard InChI is InChI=1S/C11H20N2O4S/c1-7(2)10(5-6-14)13-18(15,16)11-8(3)12-17-9(11)4/h7,10,13-14H,5-6H2,1-4H3. The fourth-order valence-corrected chi connectivity index (χ4v) is 3.53. The van der Waals surface area contributed by atoms with Gasteiger partial charge >= 0.3 is 0 Å². The van der Waals surface area contributed by atoms with E-state index in [1.165, 1.54) is 0 Å². The molecule has 1 rings (SSSR count). The van der Waals surface area contributed by atoms with E-state index in [0.717, 1.165) is 0 Å². The van der Waals surface area contributed by atoms with Gasteiger partial charge in [0.2, 0.25) is 10.0 Å². The van der Waals surface area contributed by atoms with E-state index in [9.17, 15) is 8.42 Å². The molecule has 1 heterocycles. The molecule has 1 aromatic rings. The van der Waals surface area contributed by atoms with Crippen molar-refractivity contribution in [2.45, 2.75) is 45.1 Å². The molecule has 0 fully saturated rings. The maximum absolute atomic E-state index is 12.2. The fourth-order valence-electron chi connectivity index (χ4n) is 1.78. The molecule has 0 aliphatic rings. The van der Waals surface area contributed by atoms with Gasteiger partial charge in [-0.05, 0) is 26.2 Å². The van der Waals surface area contributed by atoms with Gasteiger partial charge in [0.15, 0.2) is 5.76 Å². The molecule has 104 valence electrons. The molecule has 0 aliphatic carbocycles. The van der Waals surface area contributed by atoms with Crippen LogP contribution in [0.5, 0.6) is 0 Å². The summed E-state index contributed by atoms with van der Waals surface area (Å²) in [6, 6.07) is -0.311. The van der Waals surface area contributed by atoms with Crippen LogP contribution in [-0.4, -0.2) is 31.3 Å². The van der Waals surface area contributed by atoms with Crippen molar-refractivity contribution < 1.29 is 18.0 Å². The molecular formula is C11H20N2O4S. The van der Waals surface area contributed by atoms with Gasteiger partial charge in [-0.1, -0.05) is 19.0 Å². The van der Waals surface area contributed by atoms with Crippen molar-refractivity contribution in [3.05, 3.63) is 11.5 Å². The molecule has 1 unspecified atom stereocenters. The number of sulfonamides is 1. The highest BCUT2D eigenvalue weighted by Gasteiger charge is 2.27. The second-order valence-electron chi connectivity index (χ2n) is 4.64. The van der Waals surface area contributed by atoms with Gasteiger partial charge in [0.25, 0.3) is 0 Å². The summed E-state index contributed by atoms with van der Waals surface area (Å²) in [6.45, 7) is 6.88. The highest BCUT2D eigenvalue weighted by molar-refractivity contribution is 7.89. The zero-order valence-electron chi connectivity index (χ0n) is 11.1. The summed E-state index contributed by atoms with van der Waals surface area (Å²) in [6.07, 6.45) is 0.375. The number of nitrogens with zero attached hydrogens (tertiary/aromatic N) is 1. The molecule has 7 heteroatoms. The first-order chi connectivity index (χ1) is 8.29. The van der Waals surface area contributed by atoms with E-state index in [1.54, 1.807) is 13.8 Å². The van der Waals surface area contributed by atoms with Crippen molar-refractivity contribution in [2.24, 2.45) is 5.92 Å². The van der Waals surface area contributed by atoms with E-state index in [0.29, 0.717) is 12.1 Å². The Balaban J connectivity index is 3.01. The van der Waals surface area contributed by atoms with Gasteiger partial charge in [-0.15, -0.1) is 0 Å². The lowest BCUT2D eigenvalue weighted by Gasteiger charge is -2.21. The Bertz CT molecular complexity index is 474. The minimum absolute atomic E-state index is 0.0625. The van der Waals surface area contributed by atoms with Crippen LogP contribution in [0.4, 0.5) is 0 Å². The first kappa shape index (κ1) is 15.1. The summed E-state index contributed by atoms with van der Waals surface area (Å²) in [7, 11) is -3.66. The summed E-state index contributed by atoms with van der Waals surface area (Å²) < 4.78 is 31.9. The van der Waals surface area contributed by atoms with Crippen LogP contribution in [0.3, 0.4) is 0 Å². The second kappa shape index (κ2) is 5.81. The van der Waals surface area contributed by atoms with Crippen molar-refractivity contribution in [2.75, 3.05) is 6.61 Å². The summed E-state index contributed by atoms with van der Waals surface area (Å²) in [5.41, 5.74) is 0.339. The summed E-state index contributed by atoms with van der Waals surface area (Å²) in [5, 5.41) is 12.6. The molecule has 0 aromatic carbocycles. The van der Waals surface area contributed by atoms with E-state index in [4.69, 9.17) is 9.63 Å². The van der Waals surface area contributed by atoms with Crippen molar-refractivity contribution in [3.8, 4) is 0 Å². The molecule has 6 nitrogen and oxygen atoms in total. The molecule has 0 saturated carbocycles. The van der Waals surface area contributed by atoms with Crippen molar-refractivity contribution in [1.82, 2.24) is 9.88 Å². The molecule has 0 amide bonds. The molecule has 0 radical (unpaired) electrons. The molecule has 0 spiro atoms. The minimum Gasteiger partial charge on any atom is -0.396 e. The average Bonchev–Trinajstić information content (AvgIpc) is 2.58. The monoisotopic (exact) mass is 276 g/mol. The van der Waals surface area contributed by atoms with Gasteiger partial charge in [0.1, 0.15) is 10.6 Å². The molecule has 2 N–H and O–H groups in total. The zero-order chi connectivity index (χ0) is 13.9. The lowest BCUT2D eigenvalue weighted by atomic mass is 10.0. The lowest BCUT2D eigenvalue weighted by molar-refractivity contribution is 0.256. The highest BCUT2D eigenvalue weighted by Crippen LogP contribution is 2.20. The van der Waals surface area contributed by atoms with E-state index >= 15 is 0 Å². The Morgan fingerprint density at radius 1 is 1.39 bits per heavy atom. The van der Waals surface area contributed by atoms with Crippen LogP contribution in [-0.2, 0) is 10.0 Å². The summed E-state index contributed by atoms with van der Waals surface area (Å²) in [5.74, 6) is 0.360. The van der Waals surface area contributed by atoms with Crippen LogP contribution >= 0.6 is 0 Å². The lowest BCUT2D eigenvalue weighted by Crippen LogP contribution is -2.39. The number of nitrogens with one attached hydrogen (secondary N) is 1. The van der Waals surface area contributed by atoms with E-state index in [2.05, 4.69) is 9.88 Å². The average molecular weight is 276 g/mol. The maximum atomic E-state index is 12.2. The third-order valence-corrected chi connectivity index (χ3v) is 4.52. The number of aryl methyl sites for hydroxylation is 2. The van der Waals surface area contributed by atoms with Crippen molar-refractivity contribution in [1.29, 1.82) is 0 Å². The first-order valence-electron chi connectivity index (χ1n) is 5.85. The normalized spacial score (nSPS) is 14.1. The molecule has 0 saturated heterocycles. The summed E-state index contributed by atoms with van der Waals surface area (Å²) in [4.78, 5) is 0.0890. The number of aliphatic hydroxyl groups excluding tert-OH is 1. The van der Waals surface area contributed by atoms with Gasteiger partial charge < -0.3 is 9.63 Å². The highest BCUT2D eigenvalue weighted by atomic mass is 32.2. The fraction of sp³-hybridized carbons (Fsp3) is 0.727. The SMILES string of the molecule is Cc1noc(C)c1S(=O)(=O)NC(CCO)C(C)C. The molecule has 18 heavy (non-hydrogen) atoms. The van der Waals surface area contributed by atoms with Crippen LogP contribution in [0, 0.1) is 19.8 Å². The number of aromatic nitrogens is 1. The predicted octanol–water partition coefficient (Wildman–Crippen LogP) is 0.977. The van der Waals surface area contributed by atoms with E-state index < -0.39 is 10.0 Å². The van der Waals surface area contributed by atoms with Crippen LogP contribution in [0.1, 0.15) is 31.7 Å². The largest absolute Gasteiger partial charge is 0.396 e. The van der Waals surface area contributed by atoms with Crippen LogP contribution in [0.15, 0.2) is 9.42 Å².